The molecule has 2 bridgehead atoms. The Hall–Kier alpha value is -1.39. The van der Waals surface area contributed by atoms with Crippen molar-refractivity contribution < 1.29 is 14.6 Å². The lowest BCUT2D eigenvalue weighted by Gasteiger charge is -2.42. The number of rotatable bonds is 2. The quantitative estimate of drug-likeness (QED) is 0.829. The van der Waals surface area contributed by atoms with Crippen LogP contribution in [0.5, 0.6) is 0 Å². The summed E-state index contributed by atoms with van der Waals surface area (Å²) in [6.07, 6.45) is 1.20. The van der Waals surface area contributed by atoms with Crippen molar-refractivity contribution in [2.75, 3.05) is 14.2 Å². The smallest absolute Gasteiger partial charge is 0.310 e. The van der Waals surface area contributed by atoms with Gasteiger partial charge in [0.2, 0.25) is 0 Å². The van der Waals surface area contributed by atoms with Crippen LogP contribution in [0.15, 0.2) is 30.3 Å². The van der Waals surface area contributed by atoms with Gasteiger partial charge in [0.15, 0.2) is 0 Å². The molecular weight excluding hydrogens is 254 g/mol. The van der Waals surface area contributed by atoms with Crippen LogP contribution in [0.1, 0.15) is 24.3 Å². The zero-order valence-electron chi connectivity index (χ0n) is 11.9. The van der Waals surface area contributed by atoms with Gasteiger partial charge in [-0.15, -0.1) is 0 Å². The first-order valence-corrected chi connectivity index (χ1v) is 7.16. The SMILES string of the molecule is COC(=O)[C@@H]1[C@H]2[C@H](O)C[C@H](C[C@@H]1c1ccccc1)N2C. The molecule has 1 aromatic rings. The number of aliphatic hydroxyl groups is 1. The third-order valence-electron chi connectivity index (χ3n) is 4.98. The molecule has 1 aromatic carbocycles. The molecule has 2 heterocycles. The Morgan fingerprint density at radius 1 is 1.30 bits per heavy atom. The monoisotopic (exact) mass is 275 g/mol. The fraction of sp³-hybridized carbons (Fsp3) is 0.562. The van der Waals surface area contributed by atoms with Crippen LogP contribution in [-0.2, 0) is 9.53 Å². The summed E-state index contributed by atoms with van der Waals surface area (Å²) in [5, 5.41) is 10.3. The van der Waals surface area contributed by atoms with Crippen LogP contribution in [0, 0.1) is 5.92 Å². The van der Waals surface area contributed by atoms with Crippen LogP contribution in [0.4, 0.5) is 0 Å². The molecule has 2 saturated heterocycles. The molecule has 3 rings (SSSR count). The van der Waals surface area contributed by atoms with E-state index in [0.29, 0.717) is 6.04 Å². The highest BCUT2D eigenvalue weighted by Gasteiger charge is 2.53. The number of carbonyl (C=O) groups excluding carboxylic acids is 1. The Morgan fingerprint density at radius 3 is 2.65 bits per heavy atom. The molecular formula is C16H21NO3. The van der Waals surface area contributed by atoms with E-state index >= 15 is 0 Å². The molecule has 1 N–H and O–H groups in total. The number of carbonyl (C=O) groups is 1. The van der Waals surface area contributed by atoms with Crippen molar-refractivity contribution in [3.05, 3.63) is 35.9 Å². The number of nitrogens with zero attached hydrogens (tertiary/aromatic N) is 1. The van der Waals surface area contributed by atoms with Gasteiger partial charge in [0.1, 0.15) is 0 Å². The number of hydrogen-bond donors (Lipinski definition) is 1. The highest BCUT2D eigenvalue weighted by molar-refractivity contribution is 5.75. The predicted octanol–water partition coefficient (Wildman–Crippen LogP) is 1.40. The van der Waals surface area contributed by atoms with Gasteiger partial charge in [-0.2, -0.15) is 0 Å². The van der Waals surface area contributed by atoms with Crippen LogP contribution in [-0.4, -0.2) is 48.3 Å². The lowest BCUT2D eigenvalue weighted by atomic mass is 9.76. The van der Waals surface area contributed by atoms with Gasteiger partial charge in [0, 0.05) is 18.0 Å². The third-order valence-corrected chi connectivity index (χ3v) is 4.98. The summed E-state index contributed by atoms with van der Waals surface area (Å²) in [6, 6.07) is 10.3. The molecule has 4 nitrogen and oxygen atoms in total. The molecule has 0 spiro atoms. The summed E-state index contributed by atoms with van der Waals surface area (Å²) >= 11 is 0. The third kappa shape index (κ3) is 2.03. The highest BCUT2D eigenvalue weighted by atomic mass is 16.5. The minimum atomic E-state index is -0.442. The summed E-state index contributed by atoms with van der Waals surface area (Å²) < 4.78 is 5.01. The van der Waals surface area contributed by atoms with Crippen LogP contribution in [0.25, 0.3) is 0 Å². The van der Waals surface area contributed by atoms with Gasteiger partial charge >= 0.3 is 5.97 Å². The Morgan fingerprint density at radius 2 is 2.00 bits per heavy atom. The number of esters is 1. The van der Waals surface area contributed by atoms with E-state index in [9.17, 15) is 9.90 Å². The summed E-state index contributed by atoms with van der Waals surface area (Å²) in [6.45, 7) is 0. The molecule has 4 heteroatoms. The molecule has 0 aliphatic carbocycles. The number of methoxy groups -OCH3 is 1. The van der Waals surface area contributed by atoms with Gasteiger partial charge in [-0.05, 0) is 25.5 Å². The molecule has 0 radical (unpaired) electrons. The van der Waals surface area contributed by atoms with E-state index in [1.165, 1.54) is 12.7 Å². The maximum atomic E-state index is 12.3. The Bertz CT molecular complexity index is 490. The highest BCUT2D eigenvalue weighted by Crippen LogP contribution is 2.46. The van der Waals surface area contributed by atoms with Gasteiger partial charge in [-0.1, -0.05) is 30.3 Å². The Balaban J connectivity index is 1.99. The topological polar surface area (TPSA) is 49.8 Å². The van der Waals surface area contributed by atoms with E-state index in [4.69, 9.17) is 4.74 Å². The Kier molecular flexibility index (Phi) is 3.52. The van der Waals surface area contributed by atoms with E-state index in [2.05, 4.69) is 17.0 Å². The van der Waals surface area contributed by atoms with Crippen molar-refractivity contribution in [1.82, 2.24) is 4.90 Å². The zero-order chi connectivity index (χ0) is 14.3. The molecule has 0 aromatic heterocycles. The largest absolute Gasteiger partial charge is 0.469 e. The van der Waals surface area contributed by atoms with Crippen LogP contribution >= 0.6 is 0 Å². The van der Waals surface area contributed by atoms with Gasteiger partial charge in [0.05, 0.1) is 19.1 Å². The average molecular weight is 275 g/mol. The number of piperidine rings is 1. The minimum Gasteiger partial charge on any atom is -0.469 e. The fourth-order valence-electron chi connectivity index (χ4n) is 4.02. The molecule has 5 atom stereocenters. The van der Waals surface area contributed by atoms with Crippen molar-refractivity contribution in [2.24, 2.45) is 5.92 Å². The van der Waals surface area contributed by atoms with Crippen LogP contribution in [0.3, 0.4) is 0 Å². The number of ether oxygens (including phenoxy) is 1. The number of aliphatic hydroxyl groups excluding tert-OH is 1. The molecule has 108 valence electrons. The second-order valence-electron chi connectivity index (χ2n) is 5.91. The van der Waals surface area contributed by atoms with E-state index in [1.807, 2.05) is 25.2 Å². The molecule has 20 heavy (non-hydrogen) atoms. The first-order chi connectivity index (χ1) is 9.63. The van der Waals surface area contributed by atoms with E-state index in [-0.39, 0.29) is 23.8 Å². The lowest BCUT2D eigenvalue weighted by molar-refractivity contribution is -0.151. The predicted molar refractivity (Wildman–Crippen MR) is 75.3 cm³/mol. The van der Waals surface area contributed by atoms with E-state index < -0.39 is 6.10 Å². The molecule has 0 unspecified atom stereocenters. The summed E-state index contributed by atoms with van der Waals surface area (Å²) in [5.41, 5.74) is 1.17. The molecule has 2 aliphatic heterocycles. The van der Waals surface area contributed by atoms with Crippen molar-refractivity contribution in [3.8, 4) is 0 Å². The number of fused-ring (bicyclic) bond motifs is 2. The fourth-order valence-corrected chi connectivity index (χ4v) is 4.02. The van der Waals surface area contributed by atoms with Gasteiger partial charge in [-0.25, -0.2) is 0 Å². The summed E-state index contributed by atoms with van der Waals surface area (Å²) in [4.78, 5) is 14.4. The van der Waals surface area contributed by atoms with Crippen molar-refractivity contribution in [1.29, 1.82) is 0 Å². The number of hydrogen-bond acceptors (Lipinski definition) is 4. The summed E-state index contributed by atoms with van der Waals surface area (Å²) in [7, 11) is 3.43. The number of likely N-dealkylation sites (N-methyl/N-ethyl adjacent to an activating group) is 1. The number of benzene rings is 1. The van der Waals surface area contributed by atoms with Crippen molar-refractivity contribution in [3.63, 3.8) is 0 Å². The zero-order valence-corrected chi connectivity index (χ0v) is 11.9. The molecule has 2 fully saturated rings. The van der Waals surface area contributed by atoms with Crippen molar-refractivity contribution >= 4 is 5.97 Å². The summed E-state index contributed by atoms with van der Waals surface area (Å²) in [5.74, 6) is -0.372. The van der Waals surface area contributed by atoms with E-state index in [0.717, 1.165) is 12.8 Å². The van der Waals surface area contributed by atoms with Gasteiger partial charge < -0.3 is 9.84 Å². The van der Waals surface area contributed by atoms with Gasteiger partial charge in [-0.3, -0.25) is 9.69 Å². The van der Waals surface area contributed by atoms with Crippen LogP contribution < -0.4 is 0 Å². The maximum absolute atomic E-state index is 12.3. The maximum Gasteiger partial charge on any atom is 0.310 e. The van der Waals surface area contributed by atoms with Crippen LogP contribution in [0.2, 0.25) is 0 Å². The molecule has 2 aliphatic rings. The average Bonchev–Trinajstić information content (AvgIpc) is 2.66. The molecule has 0 amide bonds. The standard InChI is InChI=1S/C16H21NO3/c1-17-11-8-12(10-6-4-3-5-7-10)14(16(19)20-2)15(17)13(18)9-11/h3-7,11-15,18H,8-9H2,1-2H3/t11-,12+,13+,14-,15+/m0/s1. The van der Waals surface area contributed by atoms with Gasteiger partial charge in [0.25, 0.3) is 0 Å². The second kappa shape index (κ2) is 5.19. The lowest BCUT2D eigenvalue weighted by Crippen LogP contribution is -2.51. The first kappa shape index (κ1) is 13.6. The minimum absolute atomic E-state index is 0.131. The molecule has 0 saturated carbocycles. The van der Waals surface area contributed by atoms with Crippen molar-refractivity contribution in [2.45, 2.75) is 36.9 Å². The Labute approximate surface area is 119 Å². The van der Waals surface area contributed by atoms with E-state index in [1.54, 1.807) is 0 Å². The second-order valence-corrected chi connectivity index (χ2v) is 5.91. The normalized spacial score (nSPS) is 36.9. The first-order valence-electron chi connectivity index (χ1n) is 7.16.